The fraction of sp³-hybridized carbons (Fsp3) is 0.286. The van der Waals surface area contributed by atoms with Crippen LogP contribution in [0.2, 0.25) is 0 Å². The number of methoxy groups -OCH3 is 1. The molecular formula is C14H14N2O4S. The average molecular weight is 306 g/mol. The first-order valence-electron chi connectivity index (χ1n) is 6.38. The predicted octanol–water partition coefficient (Wildman–Crippen LogP) is 2.20. The number of hydrogen-bond donors (Lipinski definition) is 1. The molecular weight excluding hydrogens is 292 g/mol. The second kappa shape index (κ2) is 6.01. The van der Waals surface area contributed by atoms with Gasteiger partial charge in [-0.1, -0.05) is 6.07 Å². The number of benzene rings is 1. The number of anilines is 1. The van der Waals surface area contributed by atoms with E-state index in [4.69, 9.17) is 9.47 Å². The molecule has 0 radical (unpaired) electrons. The van der Waals surface area contributed by atoms with Gasteiger partial charge in [0.15, 0.2) is 16.6 Å². The topological polar surface area (TPSA) is 69.7 Å². The van der Waals surface area contributed by atoms with E-state index in [0.29, 0.717) is 12.2 Å². The summed E-state index contributed by atoms with van der Waals surface area (Å²) in [5, 5.41) is 5.84. The zero-order valence-corrected chi connectivity index (χ0v) is 12.2. The Morgan fingerprint density at radius 3 is 3.14 bits per heavy atom. The maximum atomic E-state index is 11.2. The first kappa shape index (κ1) is 13.7. The molecule has 2 heterocycles. The van der Waals surface area contributed by atoms with E-state index in [0.717, 1.165) is 22.2 Å². The van der Waals surface area contributed by atoms with Gasteiger partial charge < -0.3 is 19.5 Å². The fourth-order valence-corrected chi connectivity index (χ4v) is 2.63. The van der Waals surface area contributed by atoms with E-state index in [2.05, 4.69) is 15.0 Å². The Balaban J connectivity index is 1.59. The average Bonchev–Trinajstić information content (AvgIpc) is 3.13. The molecule has 0 saturated heterocycles. The molecule has 6 nitrogen and oxygen atoms in total. The largest absolute Gasteiger partial charge is 0.469 e. The van der Waals surface area contributed by atoms with E-state index >= 15 is 0 Å². The number of nitrogens with zero attached hydrogens (tertiary/aromatic N) is 1. The highest BCUT2D eigenvalue weighted by atomic mass is 32.1. The second-order valence-corrected chi connectivity index (χ2v) is 5.30. The summed E-state index contributed by atoms with van der Waals surface area (Å²) in [6.45, 7) is 0.900. The number of hydrogen-bond acceptors (Lipinski definition) is 7. The molecule has 0 fully saturated rings. The number of ether oxygens (including phenoxy) is 3. The summed E-state index contributed by atoms with van der Waals surface area (Å²) in [6, 6.07) is 5.81. The smallest absolute Gasteiger partial charge is 0.311 e. The highest BCUT2D eigenvalue weighted by molar-refractivity contribution is 7.13. The Morgan fingerprint density at radius 1 is 1.43 bits per heavy atom. The zero-order valence-electron chi connectivity index (χ0n) is 11.4. The predicted molar refractivity (Wildman–Crippen MR) is 77.7 cm³/mol. The van der Waals surface area contributed by atoms with Crippen LogP contribution in [0.5, 0.6) is 11.5 Å². The molecule has 2 aromatic rings. The van der Waals surface area contributed by atoms with E-state index in [1.807, 2.05) is 23.6 Å². The lowest BCUT2D eigenvalue weighted by molar-refractivity contribution is -0.139. The number of carbonyl (C=O) groups is 1. The van der Waals surface area contributed by atoms with Crippen LogP contribution in [0.4, 0.5) is 5.13 Å². The molecule has 21 heavy (non-hydrogen) atoms. The Morgan fingerprint density at radius 2 is 2.29 bits per heavy atom. The van der Waals surface area contributed by atoms with Crippen molar-refractivity contribution in [2.75, 3.05) is 19.2 Å². The van der Waals surface area contributed by atoms with Gasteiger partial charge in [0.1, 0.15) is 0 Å². The Hall–Kier alpha value is -2.28. The van der Waals surface area contributed by atoms with Gasteiger partial charge in [-0.3, -0.25) is 4.79 Å². The molecule has 0 spiro atoms. The Labute approximate surface area is 125 Å². The lowest BCUT2D eigenvalue weighted by atomic mass is 10.2. The van der Waals surface area contributed by atoms with Gasteiger partial charge in [-0.2, -0.15) is 0 Å². The standard InChI is InChI=1S/C14H14N2O4S/c1-18-13(17)5-10-7-21-14(16-10)15-6-9-2-3-11-12(4-9)20-8-19-11/h2-4,7H,5-6,8H2,1H3,(H,15,16). The van der Waals surface area contributed by atoms with Crippen LogP contribution in [0.3, 0.4) is 0 Å². The van der Waals surface area contributed by atoms with Crippen LogP contribution in [0, 0.1) is 0 Å². The molecule has 0 unspecified atom stereocenters. The molecule has 0 amide bonds. The van der Waals surface area contributed by atoms with Crippen molar-refractivity contribution in [3.05, 3.63) is 34.8 Å². The Bertz CT molecular complexity index is 656. The molecule has 1 aliphatic rings. The van der Waals surface area contributed by atoms with Crippen molar-refractivity contribution in [1.82, 2.24) is 4.98 Å². The highest BCUT2D eigenvalue weighted by Gasteiger charge is 2.13. The van der Waals surface area contributed by atoms with Crippen LogP contribution in [0.1, 0.15) is 11.3 Å². The van der Waals surface area contributed by atoms with Gasteiger partial charge in [0.2, 0.25) is 6.79 Å². The first-order valence-corrected chi connectivity index (χ1v) is 7.26. The van der Waals surface area contributed by atoms with Gasteiger partial charge in [-0.05, 0) is 17.7 Å². The number of esters is 1. The summed E-state index contributed by atoms with van der Waals surface area (Å²) >= 11 is 1.46. The highest BCUT2D eigenvalue weighted by Crippen LogP contribution is 2.32. The zero-order chi connectivity index (χ0) is 14.7. The lowest BCUT2D eigenvalue weighted by Gasteiger charge is -2.04. The SMILES string of the molecule is COC(=O)Cc1csc(NCc2ccc3c(c2)OCO3)n1. The molecule has 110 valence electrons. The van der Waals surface area contributed by atoms with Crippen molar-refractivity contribution >= 4 is 22.4 Å². The summed E-state index contributed by atoms with van der Waals surface area (Å²) in [5.41, 5.74) is 1.78. The lowest BCUT2D eigenvalue weighted by Crippen LogP contribution is -2.05. The second-order valence-electron chi connectivity index (χ2n) is 4.44. The third-order valence-corrected chi connectivity index (χ3v) is 3.83. The number of fused-ring (bicyclic) bond motifs is 1. The van der Waals surface area contributed by atoms with Crippen molar-refractivity contribution in [2.45, 2.75) is 13.0 Å². The minimum absolute atomic E-state index is 0.193. The van der Waals surface area contributed by atoms with Crippen molar-refractivity contribution in [3.8, 4) is 11.5 Å². The van der Waals surface area contributed by atoms with Crippen molar-refractivity contribution in [2.24, 2.45) is 0 Å². The van der Waals surface area contributed by atoms with Gasteiger partial charge in [-0.15, -0.1) is 11.3 Å². The maximum absolute atomic E-state index is 11.2. The molecule has 0 atom stereocenters. The van der Waals surface area contributed by atoms with E-state index in [1.165, 1.54) is 18.4 Å². The fourth-order valence-electron chi connectivity index (χ4n) is 1.92. The van der Waals surface area contributed by atoms with Crippen LogP contribution in [-0.2, 0) is 22.5 Å². The van der Waals surface area contributed by atoms with Gasteiger partial charge >= 0.3 is 5.97 Å². The molecule has 0 saturated carbocycles. The molecule has 1 N–H and O–H groups in total. The molecule has 1 aliphatic heterocycles. The summed E-state index contributed by atoms with van der Waals surface area (Å²) < 4.78 is 15.2. The van der Waals surface area contributed by atoms with Gasteiger partial charge in [0.05, 0.1) is 19.2 Å². The van der Waals surface area contributed by atoms with Gasteiger partial charge in [0, 0.05) is 11.9 Å². The summed E-state index contributed by atoms with van der Waals surface area (Å²) in [7, 11) is 1.37. The van der Waals surface area contributed by atoms with Crippen LogP contribution >= 0.6 is 11.3 Å². The number of aromatic nitrogens is 1. The van der Waals surface area contributed by atoms with Crippen molar-refractivity contribution in [1.29, 1.82) is 0 Å². The minimum atomic E-state index is -0.289. The van der Waals surface area contributed by atoms with Gasteiger partial charge in [0.25, 0.3) is 0 Å². The molecule has 0 bridgehead atoms. The molecule has 7 heteroatoms. The monoisotopic (exact) mass is 306 g/mol. The van der Waals surface area contributed by atoms with E-state index < -0.39 is 0 Å². The maximum Gasteiger partial charge on any atom is 0.311 e. The van der Waals surface area contributed by atoms with Crippen molar-refractivity contribution < 1.29 is 19.0 Å². The quantitative estimate of drug-likeness (QED) is 0.854. The van der Waals surface area contributed by atoms with Crippen LogP contribution in [-0.4, -0.2) is 24.9 Å². The summed E-state index contributed by atoms with van der Waals surface area (Å²) in [4.78, 5) is 15.5. The van der Waals surface area contributed by atoms with Crippen LogP contribution in [0.25, 0.3) is 0 Å². The molecule has 1 aromatic heterocycles. The van der Waals surface area contributed by atoms with E-state index in [1.54, 1.807) is 0 Å². The van der Waals surface area contributed by atoms with Gasteiger partial charge in [-0.25, -0.2) is 4.98 Å². The van der Waals surface area contributed by atoms with Crippen LogP contribution < -0.4 is 14.8 Å². The van der Waals surface area contributed by atoms with E-state index in [9.17, 15) is 4.79 Å². The third kappa shape index (κ3) is 3.25. The van der Waals surface area contributed by atoms with Crippen LogP contribution in [0.15, 0.2) is 23.6 Å². The molecule has 3 rings (SSSR count). The Kier molecular flexibility index (Phi) is 3.92. The number of carbonyl (C=O) groups excluding carboxylic acids is 1. The number of thiazole rings is 1. The van der Waals surface area contributed by atoms with Crippen molar-refractivity contribution in [3.63, 3.8) is 0 Å². The van der Waals surface area contributed by atoms with E-state index in [-0.39, 0.29) is 19.2 Å². The summed E-state index contributed by atoms with van der Waals surface area (Å²) in [5.74, 6) is 1.25. The summed E-state index contributed by atoms with van der Waals surface area (Å²) in [6.07, 6.45) is 0.193. The minimum Gasteiger partial charge on any atom is -0.469 e. The third-order valence-electron chi connectivity index (χ3n) is 2.99. The molecule has 0 aliphatic carbocycles. The number of rotatable bonds is 5. The number of nitrogens with one attached hydrogen (secondary N) is 1. The normalized spacial score (nSPS) is 12.2. The first-order chi connectivity index (χ1) is 10.2. The molecule has 1 aromatic carbocycles.